The Morgan fingerprint density at radius 1 is 1.45 bits per heavy atom. The predicted molar refractivity (Wildman–Crippen MR) is 76.4 cm³/mol. The summed E-state index contributed by atoms with van der Waals surface area (Å²) in [5.41, 5.74) is 0. The highest BCUT2D eigenvalue weighted by molar-refractivity contribution is 6.01. The first kappa shape index (κ1) is 14.4. The molecule has 0 radical (unpaired) electrons. The Morgan fingerprint density at radius 2 is 2.20 bits per heavy atom. The van der Waals surface area contributed by atoms with Gasteiger partial charge in [-0.2, -0.15) is 0 Å². The zero-order valence-electron chi connectivity index (χ0n) is 11.7. The molecule has 7 nitrogen and oxygen atoms in total. The van der Waals surface area contributed by atoms with Gasteiger partial charge in [-0.3, -0.25) is 14.7 Å². The zero-order valence-corrected chi connectivity index (χ0v) is 11.7. The molecule has 2 rings (SSSR count). The number of nitrogens with zero attached hydrogens (tertiary/aromatic N) is 2. The third-order valence-electron chi connectivity index (χ3n) is 3.22. The van der Waals surface area contributed by atoms with Crippen molar-refractivity contribution in [2.75, 3.05) is 26.2 Å². The molecule has 2 aliphatic rings. The van der Waals surface area contributed by atoms with Crippen LogP contribution < -0.4 is 16.0 Å². The number of rotatable bonds is 5. The van der Waals surface area contributed by atoms with Gasteiger partial charge in [0.1, 0.15) is 0 Å². The zero-order chi connectivity index (χ0) is 14.4. The number of guanidine groups is 1. The molecule has 0 spiro atoms. The van der Waals surface area contributed by atoms with E-state index >= 15 is 0 Å². The molecule has 0 aromatic rings. The fourth-order valence-corrected chi connectivity index (χ4v) is 2.19. The number of hydrogen-bond donors (Lipinski definition) is 3. The van der Waals surface area contributed by atoms with Crippen molar-refractivity contribution in [2.24, 2.45) is 4.99 Å². The Kier molecular flexibility index (Phi) is 4.97. The van der Waals surface area contributed by atoms with Crippen LogP contribution in [0, 0.1) is 0 Å². The van der Waals surface area contributed by atoms with E-state index in [9.17, 15) is 9.59 Å². The molecule has 1 fully saturated rings. The van der Waals surface area contributed by atoms with Crippen LogP contribution in [-0.4, -0.2) is 55.0 Å². The molecular formula is C13H21N5O2. The second-order valence-corrected chi connectivity index (χ2v) is 4.75. The summed E-state index contributed by atoms with van der Waals surface area (Å²) in [6, 6.07) is 0.0488. The topological polar surface area (TPSA) is 85.8 Å². The molecule has 0 atom stereocenters. The quantitative estimate of drug-likeness (QED) is 0.282. The van der Waals surface area contributed by atoms with Gasteiger partial charge in [0.25, 0.3) is 0 Å². The van der Waals surface area contributed by atoms with Crippen molar-refractivity contribution in [1.29, 1.82) is 0 Å². The molecule has 0 aromatic carbocycles. The number of urea groups is 1. The summed E-state index contributed by atoms with van der Waals surface area (Å²) in [6.07, 6.45) is 6.29. The maximum Gasteiger partial charge on any atom is 0.324 e. The summed E-state index contributed by atoms with van der Waals surface area (Å²) < 4.78 is 0. The lowest BCUT2D eigenvalue weighted by Crippen LogP contribution is -2.43. The average molecular weight is 279 g/mol. The van der Waals surface area contributed by atoms with Crippen molar-refractivity contribution >= 4 is 17.9 Å². The molecule has 1 heterocycles. The summed E-state index contributed by atoms with van der Waals surface area (Å²) in [5, 5.41) is 8.99. The Morgan fingerprint density at radius 3 is 2.80 bits per heavy atom. The van der Waals surface area contributed by atoms with Crippen LogP contribution in [0.25, 0.3) is 0 Å². The number of aliphatic imine (C=N–C) groups is 1. The van der Waals surface area contributed by atoms with Gasteiger partial charge in [-0.25, -0.2) is 4.79 Å². The fourth-order valence-electron chi connectivity index (χ4n) is 2.19. The Balaban J connectivity index is 1.82. The van der Waals surface area contributed by atoms with E-state index in [1.807, 2.05) is 6.92 Å². The molecule has 7 heteroatoms. The highest BCUT2D eigenvalue weighted by atomic mass is 16.2. The minimum absolute atomic E-state index is 0.0919. The van der Waals surface area contributed by atoms with Crippen LogP contribution in [-0.2, 0) is 4.79 Å². The summed E-state index contributed by atoms with van der Waals surface area (Å²) in [4.78, 5) is 28.4. The molecule has 110 valence electrons. The van der Waals surface area contributed by atoms with E-state index in [0.29, 0.717) is 19.1 Å². The molecular weight excluding hydrogens is 258 g/mol. The number of carbonyl (C=O) groups is 2. The lowest BCUT2D eigenvalue weighted by atomic mass is 10.2. The smallest absolute Gasteiger partial charge is 0.324 e. The third kappa shape index (κ3) is 3.72. The van der Waals surface area contributed by atoms with Gasteiger partial charge in [-0.15, -0.1) is 0 Å². The number of hydrogen-bond acceptors (Lipinski definition) is 3. The van der Waals surface area contributed by atoms with Crippen LogP contribution in [0.4, 0.5) is 4.79 Å². The first-order valence-electron chi connectivity index (χ1n) is 6.98. The number of carbonyl (C=O) groups excluding carboxylic acids is 2. The van der Waals surface area contributed by atoms with E-state index in [4.69, 9.17) is 0 Å². The van der Waals surface area contributed by atoms with Crippen LogP contribution in [0.15, 0.2) is 17.1 Å². The summed E-state index contributed by atoms with van der Waals surface area (Å²) in [7, 11) is 0. The van der Waals surface area contributed by atoms with Gasteiger partial charge in [-0.1, -0.05) is 12.2 Å². The van der Waals surface area contributed by atoms with E-state index < -0.39 is 0 Å². The summed E-state index contributed by atoms with van der Waals surface area (Å²) in [5.74, 6) is 0.538. The van der Waals surface area contributed by atoms with Crippen molar-refractivity contribution in [3.8, 4) is 0 Å². The van der Waals surface area contributed by atoms with Crippen molar-refractivity contribution < 1.29 is 9.59 Å². The van der Waals surface area contributed by atoms with Crippen LogP contribution in [0.3, 0.4) is 0 Å². The molecule has 0 bridgehead atoms. The molecule has 3 N–H and O–H groups in total. The van der Waals surface area contributed by atoms with Gasteiger partial charge in [0.15, 0.2) is 5.96 Å². The maximum atomic E-state index is 11.4. The molecule has 1 saturated heterocycles. The normalized spacial score (nSPS) is 19.6. The van der Waals surface area contributed by atoms with Gasteiger partial charge in [0, 0.05) is 12.6 Å². The molecule has 20 heavy (non-hydrogen) atoms. The summed E-state index contributed by atoms with van der Waals surface area (Å²) in [6.45, 7) is 3.57. The van der Waals surface area contributed by atoms with E-state index in [1.54, 1.807) is 0 Å². The Bertz CT molecular complexity index is 408. The second-order valence-electron chi connectivity index (χ2n) is 4.75. The lowest BCUT2D eigenvalue weighted by Gasteiger charge is -2.17. The highest BCUT2D eigenvalue weighted by Crippen LogP contribution is 2.08. The maximum absolute atomic E-state index is 11.4. The fraction of sp³-hybridized carbons (Fsp3) is 0.615. The van der Waals surface area contributed by atoms with Crippen molar-refractivity contribution in [1.82, 2.24) is 20.9 Å². The average Bonchev–Trinajstić information content (AvgIpc) is 3.03. The Hall–Kier alpha value is -2.05. The Labute approximate surface area is 118 Å². The van der Waals surface area contributed by atoms with Crippen molar-refractivity contribution in [2.45, 2.75) is 25.8 Å². The third-order valence-corrected chi connectivity index (χ3v) is 3.22. The molecule has 0 aromatic heterocycles. The SMILES string of the molecule is CCNC(=NCCN1C(=O)CNC1=O)NC1CC=CC1. The van der Waals surface area contributed by atoms with Gasteiger partial charge >= 0.3 is 6.03 Å². The van der Waals surface area contributed by atoms with E-state index in [2.05, 4.69) is 33.1 Å². The van der Waals surface area contributed by atoms with E-state index in [0.717, 1.165) is 25.3 Å². The van der Waals surface area contributed by atoms with Crippen molar-refractivity contribution in [3.05, 3.63) is 12.2 Å². The van der Waals surface area contributed by atoms with Crippen molar-refractivity contribution in [3.63, 3.8) is 0 Å². The van der Waals surface area contributed by atoms with Crippen LogP contribution in [0.1, 0.15) is 19.8 Å². The van der Waals surface area contributed by atoms with E-state index in [-0.39, 0.29) is 18.5 Å². The molecule has 1 aliphatic carbocycles. The molecule has 3 amide bonds. The molecule has 0 unspecified atom stereocenters. The second kappa shape index (κ2) is 6.93. The largest absolute Gasteiger partial charge is 0.357 e. The van der Waals surface area contributed by atoms with Crippen LogP contribution in [0.2, 0.25) is 0 Å². The van der Waals surface area contributed by atoms with Crippen LogP contribution in [0.5, 0.6) is 0 Å². The number of amides is 3. The minimum atomic E-state index is -0.330. The van der Waals surface area contributed by atoms with Gasteiger partial charge in [0.2, 0.25) is 5.91 Å². The number of nitrogens with one attached hydrogen (secondary N) is 3. The van der Waals surface area contributed by atoms with Crippen LogP contribution >= 0.6 is 0 Å². The predicted octanol–water partition coefficient (Wildman–Crippen LogP) is -0.188. The molecule has 1 aliphatic heterocycles. The molecule has 0 saturated carbocycles. The summed E-state index contributed by atoms with van der Waals surface area (Å²) >= 11 is 0. The minimum Gasteiger partial charge on any atom is -0.357 e. The van der Waals surface area contributed by atoms with Gasteiger partial charge in [-0.05, 0) is 19.8 Å². The van der Waals surface area contributed by atoms with Gasteiger partial charge in [0.05, 0.1) is 19.6 Å². The van der Waals surface area contributed by atoms with Gasteiger partial charge < -0.3 is 16.0 Å². The lowest BCUT2D eigenvalue weighted by molar-refractivity contribution is -0.124. The van der Waals surface area contributed by atoms with E-state index in [1.165, 1.54) is 4.90 Å². The first-order valence-corrected chi connectivity index (χ1v) is 6.98. The number of imide groups is 1. The monoisotopic (exact) mass is 279 g/mol. The standard InChI is InChI=1S/C13H21N5O2/c1-2-14-12(17-10-5-3-4-6-10)15-7-8-18-11(19)9-16-13(18)20/h3-4,10H,2,5-9H2,1H3,(H,16,20)(H2,14,15,17). The first-order chi connectivity index (χ1) is 9.70. The highest BCUT2D eigenvalue weighted by Gasteiger charge is 2.27.